The van der Waals surface area contributed by atoms with E-state index in [2.05, 4.69) is 93.6 Å². The number of nitrogen functional groups attached to an aromatic ring is 2. The van der Waals surface area contributed by atoms with Gasteiger partial charge in [-0.1, -0.05) is 164 Å². The van der Waals surface area contributed by atoms with Gasteiger partial charge in [0, 0.05) is 29.1 Å². The van der Waals surface area contributed by atoms with Gasteiger partial charge in [0.15, 0.2) is 0 Å². The van der Waals surface area contributed by atoms with E-state index in [1.54, 1.807) is 0 Å². The first kappa shape index (κ1) is 35.3. The maximum Gasteiger partial charge on any atom is 0.0314 e. The fraction of sp³-hybridized carbons (Fsp3) is 0.455. The van der Waals surface area contributed by atoms with Gasteiger partial charge in [0.2, 0.25) is 0 Å². The maximum absolute atomic E-state index is 6.01. The summed E-state index contributed by atoms with van der Waals surface area (Å²) in [5, 5.41) is 0. The summed E-state index contributed by atoms with van der Waals surface area (Å²) < 4.78 is 0. The molecule has 246 valence electrons. The van der Waals surface area contributed by atoms with Crippen LogP contribution in [0, 0.1) is 0 Å². The Kier molecular flexibility index (Phi) is 14.8. The highest BCUT2D eigenvalue weighted by Crippen LogP contribution is 2.36. The molecule has 0 bridgehead atoms. The van der Waals surface area contributed by atoms with Crippen molar-refractivity contribution in [1.29, 1.82) is 0 Å². The molecule has 0 radical (unpaired) electrons. The quantitative estimate of drug-likeness (QED) is 0.0766. The minimum Gasteiger partial charge on any atom is -0.399 e. The van der Waals surface area contributed by atoms with Gasteiger partial charge in [-0.15, -0.1) is 0 Å². The van der Waals surface area contributed by atoms with Crippen LogP contribution in [0.4, 0.5) is 11.4 Å². The smallest absolute Gasteiger partial charge is 0.0314 e. The van der Waals surface area contributed by atoms with Crippen LogP contribution in [0.1, 0.15) is 162 Å². The molecule has 2 unspecified atom stereocenters. The van der Waals surface area contributed by atoms with E-state index in [-0.39, 0.29) is 0 Å². The maximum atomic E-state index is 6.01. The summed E-state index contributed by atoms with van der Waals surface area (Å²) in [6.07, 6.45) is 18.0. The Morgan fingerprint density at radius 3 is 0.891 bits per heavy atom. The Hall–Kier alpha value is -3.52. The molecule has 2 nitrogen and oxygen atoms in total. The fourth-order valence-corrected chi connectivity index (χ4v) is 7.19. The van der Waals surface area contributed by atoms with Crippen molar-refractivity contribution in [1.82, 2.24) is 0 Å². The summed E-state index contributed by atoms with van der Waals surface area (Å²) in [4.78, 5) is 0. The molecule has 2 heteroatoms. The molecule has 0 aromatic heterocycles. The van der Waals surface area contributed by atoms with Crippen LogP contribution in [0.15, 0.2) is 97.1 Å². The summed E-state index contributed by atoms with van der Waals surface area (Å²) in [5.41, 5.74) is 22.1. The standard InChI is InChI=1S/C44H60N2/c1-4-7-8-9-10-11-12-13-14-17-44(36-22-18-34(19-23-36)42(15-5-2)38-26-30-40(45)31-27-38)37-24-20-35(21-25-37)43(16-6-3)39-28-32-41(46)33-29-39/h18-33,42-44H,4-17,45-46H2,1-3H3. The molecule has 46 heavy (non-hydrogen) atoms. The summed E-state index contributed by atoms with van der Waals surface area (Å²) in [5.74, 6) is 1.21. The first-order valence-electron chi connectivity index (χ1n) is 18.4. The molecule has 4 aromatic rings. The third kappa shape index (κ3) is 10.5. The average molecular weight is 617 g/mol. The molecule has 0 saturated heterocycles. The zero-order chi connectivity index (χ0) is 32.6. The van der Waals surface area contributed by atoms with E-state index >= 15 is 0 Å². The number of anilines is 2. The summed E-state index contributed by atoms with van der Waals surface area (Å²) in [6, 6.07) is 36.2. The second-order valence-electron chi connectivity index (χ2n) is 13.5. The van der Waals surface area contributed by atoms with Gasteiger partial charge in [0.25, 0.3) is 0 Å². The molecule has 0 fully saturated rings. The van der Waals surface area contributed by atoms with Crippen molar-refractivity contribution < 1.29 is 0 Å². The molecule has 4 aromatic carbocycles. The molecule has 0 aliphatic carbocycles. The monoisotopic (exact) mass is 616 g/mol. The molecule has 2 atom stereocenters. The van der Waals surface area contributed by atoms with Gasteiger partial charge in [-0.2, -0.15) is 0 Å². The third-order valence-corrected chi connectivity index (χ3v) is 9.91. The van der Waals surface area contributed by atoms with Crippen molar-refractivity contribution in [2.45, 2.75) is 128 Å². The number of hydrogen-bond donors (Lipinski definition) is 2. The fourth-order valence-electron chi connectivity index (χ4n) is 7.19. The van der Waals surface area contributed by atoms with E-state index in [9.17, 15) is 0 Å². The van der Waals surface area contributed by atoms with Crippen LogP contribution >= 0.6 is 0 Å². The van der Waals surface area contributed by atoms with Gasteiger partial charge in [-0.25, -0.2) is 0 Å². The van der Waals surface area contributed by atoms with E-state index in [1.807, 2.05) is 24.3 Å². The van der Waals surface area contributed by atoms with Crippen LogP contribution in [0.2, 0.25) is 0 Å². The van der Waals surface area contributed by atoms with Crippen molar-refractivity contribution in [2.24, 2.45) is 0 Å². The highest BCUT2D eigenvalue weighted by atomic mass is 14.5. The minimum absolute atomic E-state index is 0.401. The zero-order valence-corrected chi connectivity index (χ0v) is 29.0. The Morgan fingerprint density at radius 1 is 0.326 bits per heavy atom. The molecule has 4 N–H and O–H groups in total. The molecular formula is C44H60N2. The van der Waals surface area contributed by atoms with E-state index in [1.165, 1.54) is 97.6 Å². The van der Waals surface area contributed by atoms with Crippen LogP contribution < -0.4 is 11.5 Å². The molecule has 4 rings (SSSR count). The average Bonchev–Trinajstić information content (AvgIpc) is 3.08. The van der Waals surface area contributed by atoms with Crippen LogP contribution in [0.3, 0.4) is 0 Å². The van der Waals surface area contributed by atoms with Crippen LogP contribution in [0.5, 0.6) is 0 Å². The molecule has 0 amide bonds. The van der Waals surface area contributed by atoms with Gasteiger partial charge in [0.1, 0.15) is 0 Å². The summed E-state index contributed by atoms with van der Waals surface area (Å²) >= 11 is 0. The first-order chi connectivity index (χ1) is 22.5. The molecule has 0 aliphatic rings. The second kappa shape index (κ2) is 19.2. The number of nitrogens with two attached hydrogens (primary N) is 2. The normalized spacial score (nSPS) is 13.4. The lowest BCUT2D eigenvalue weighted by Crippen LogP contribution is -2.06. The lowest BCUT2D eigenvalue weighted by molar-refractivity contribution is 0.545. The third-order valence-electron chi connectivity index (χ3n) is 9.91. The van der Waals surface area contributed by atoms with Gasteiger partial charge in [-0.05, 0) is 76.9 Å². The summed E-state index contributed by atoms with van der Waals surface area (Å²) in [7, 11) is 0. The molecule has 0 heterocycles. The van der Waals surface area contributed by atoms with Crippen molar-refractivity contribution in [2.75, 3.05) is 11.5 Å². The van der Waals surface area contributed by atoms with E-state index in [4.69, 9.17) is 11.5 Å². The number of rotatable bonds is 20. The number of benzene rings is 4. The van der Waals surface area contributed by atoms with Crippen LogP contribution in [0.25, 0.3) is 0 Å². The van der Waals surface area contributed by atoms with E-state index < -0.39 is 0 Å². The van der Waals surface area contributed by atoms with Gasteiger partial charge >= 0.3 is 0 Å². The van der Waals surface area contributed by atoms with Crippen LogP contribution in [-0.4, -0.2) is 0 Å². The number of hydrogen-bond acceptors (Lipinski definition) is 2. The van der Waals surface area contributed by atoms with Gasteiger partial charge < -0.3 is 11.5 Å². The molecule has 0 spiro atoms. The van der Waals surface area contributed by atoms with Crippen molar-refractivity contribution in [3.05, 3.63) is 130 Å². The highest BCUT2D eigenvalue weighted by Gasteiger charge is 2.19. The Labute approximate surface area is 281 Å². The largest absolute Gasteiger partial charge is 0.399 e. The predicted octanol–water partition coefficient (Wildman–Crippen LogP) is 12.8. The topological polar surface area (TPSA) is 52.0 Å². The SMILES string of the molecule is CCCCCCCCCCCC(c1ccc(C(CCC)c2ccc(N)cc2)cc1)c1ccc(C(CCC)c2ccc(N)cc2)cc1. The molecule has 0 saturated carbocycles. The molecular weight excluding hydrogens is 556 g/mol. The van der Waals surface area contributed by atoms with Crippen molar-refractivity contribution >= 4 is 11.4 Å². The lowest BCUT2D eigenvalue weighted by atomic mass is 9.82. The van der Waals surface area contributed by atoms with Gasteiger partial charge in [-0.3, -0.25) is 0 Å². The molecule has 0 aliphatic heterocycles. The van der Waals surface area contributed by atoms with E-state index in [0.717, 1.165) is 37.1 Å². The van der Waals surface area contributed by atoms with Gasteiger partial charge in [0.05, 0.1) is 0 Å². The Morgan fingerprint density at radius 2 is 0.587 bits per heavy atom. The zero-order valence-electron chi connectivity index (χ0n) is 29.0. The summed E-state index contributed by atoms with van der Waals surface area (Å²) in [6.45, 7) is 6.86. The van der Waals surface area contributed by atoms with Crippen molar-refractivity contribution in [3.8, 4) is 0 Å². The lowest BCUT2D eigenvalue weighted by Gasteiger charge is -2.23. The Bertz CT molecular complexity index is 1270. The van der Waals surface area contributed by atoms with Crippen molar-refractivity contribution in [3.63, 3.8) is 0 Å². The number of unbranched alkanes of at least 4 members (excludes halogenated alkanes) is 8. The first-order valence-corrected chi connectivity index (χ1v) is 18.4. The second-order valence-corrected chi connectivity index (χ2v) is 13.5. The Balaban J connectivity index is 1.52. The predicted molar refractivity (Wildman–Crippen MR) is 202 cm³/mol. The van der Waals surface area contributed by atoms with Crippen LogP contribution in [-0.2, 0) is 0 Å². The highest BCUT2D eigenvalue weighted by molar-refractivity contribution is 5.45. The minimum atomic E-state index is 0.401. The van der Waals surface area contributed by atoms with E-state index in [0.29, 0.717) is 17.8 Å².